The smallest absolute Gasteiger partial charge is 0.0656 e. The molecule has 2 N–H and O–H groups in total. The quantitative estimate of drug-likeness (QED) is 0.737. The van der Waals surface area contributed by atoms with Gasteiger partial charge in [-0.1, -0.05) is 13.8 Å². The van der Waals surface area contributed by atoms with E-state index in [-0.39, 0.29) is 0 Å². The van der Waals surface area contributed by atoms with Gasteiger partial charge in [0.1, 0.15) is 0 Å². The lowest BCUT2D eigenvalue weighted by Gasteiger charge is -2.15. The number of rotatable bonds is 7. The largest absolute Gasteiger partial charge is 0.315 e. The van der Waals surface area contributed by atoms with Crippen LogP contribution in [0.1, 0.15) is 26.3 Å². The van der Waals surface area contributed by atoms with Crippen LogP contribution < -0.4 is 10.6 Å². The second-order valence-electron chi connectivity index (χ2n) is 4.59. The van der Waals surface area contributed by atoms with Crippen molar-refractivity contribution in [2.75, 3.05) is 13.1 Å². The molecule has 1 aromatic heterocycles. The molecule has 0 aromatic carbocycles. The Morgan fingerprint density at radius 3 is 2.62 bits per heavy atom. The van der Waals surface area contributed by atoms with Gasteiger partial charge in [-0.2, -0.15) is 0 Å². The highest BCUT2D eigenvalue weighted by atomic mass is 127. The number of hydrogen-bond donors (Lipinski definition) is 2. The third-order valence-corrected chi connectivity index (χ3v) is 4.12. The van der Waals surface area contributed by atoms with Gasteiger partial charge in [0.05, 0.1) is 2.88 Å². The topological polar surface area (TPSA) is 24.1 Å². The van der Waals surface area contributed by atoms with E-state index in [0.29, 0.717) is 6.04 Å². The molecule has 16 heavy (non-hydrogen) atoms. The van der Waals surface area contributed by atoms with Crippen LogP contribution in [0, 0.1) is 8.80 Å². The molecule has 1 heterocycles. The van der Waals surface area contributed by atoms with E-state index < -0.39 is 0 Å². The van der Waals surface area contributed by atoms with Crippen molar-refractivity contribution in [3.05, 3.63) is 19.9 Å². The van der Waals surface area contributed by atoms with Gasteiger partial charge in [0, 0.05) is 19.1 Å². The van der Waals surface area contributed by atoms with Crippen LogP contribution >= 0.6 is 33.9 Å². The van der Waals surface area contributed by atoms with Gasteiger partial charge in [-0.05, 0) is 59.0 Å². The Morgan fingerprint density at radius 1 is 1.31 bits per heavy atom. The SMILES string of the molecule is CC(C)CNCC(C)NCc1csc(I)c1. The Hall–Kier alpha value is 0.350. The molecular formula is C12H21IN2S. The van der Waals surface area contributed by atoms with Crippen LogP contribution in [0.4, 0.5) is 0 Å². The third kappa shape index (κ3) is 6.18. The van der Waals surface area contributed by atoms with Gasteiger partial charge in [0.25, 0.3) is 0 Å². The van der Waals surface area contributed by atoms with Gasteiger partial charge >= 0.3 is 0 Å². The van der Waals surface area contributed by atoms with E-state index in [1.165, 1.54) is 8.45 Å². The second kappa shape index (κ2) is 7.63. The minimum atomic E-state index is 0.524. The molecule has 2 nitrogen and oxygen atoms in total. The first-order valence-corrected chi connectivity index (χ1v) is 7.70. The molecule has 0 aliphatic heterocycles. The molecule has 0 saturated carbocycles. The minimum Gasteiger partial charge on any atom is -0.315 e. The third-order valence-electron chi connectivity index (χ3n) is 2.28. The molecule has 0 aliphatic carbocycles. The molecule has 1 atom stereocenters. The van der Waals surface area contributed by atoms with Crippen LogP contribution in [0.3, 0.4) is 0 Å². The summed E-state index contributed by atoms with van der Waals surface area (Å²) in [6.07, 6.45) is 0. The molecule has 0 fully saturated rings. The molecule has 92 valence electrons. The lowest BCUT2D eigenvalue weighted by atomic mass is 10.2. The van der Waals surface area contributed by atoms with E-state index in [9.17, 15) is 0 Å². The Bertz CT molecular complexity index is 299. The molecule has 0 radical (unpaired) electrons. The van der Waals surface area contributed by atoms with E-state index in [4.69, 9.17) is 0 Å². The van der Waals surface area contributed by atoms with Crippen molar-refractivity contribution < 1.29 is 0 Å². The molecule has 0 spiro atoms. The maximum Gasteiger partial charge on any atom is 0.0656 e. The molecule has 0 amide bonds. The predicted molar refractivity (Wildman–Crippen MR) is 81.0 cm³/mol. The summed E-state index contributed by atoms with van der Waals surface area (Å²) in [4.78, 5) is 0. The van der Waals surface area contributed by atoms with Crippen molar-refractivity contribution in [1.82, 2.24) is 10.6 Å². The fourth-order valence-electron chi connectivity index (χ4n) is 1.39. The number of halogens is 1. The van der Waals surface area contributed by atoms with Crippen LogP contribution in [-0.2, 0) is 6.54 Å². The first kappa shape index (κ1) is 14.4. The van der Waals surface area contributed by atoms with Crippen LogP contribution in [0.5, 0.6) is 0 Å². The fraction of sp³-hybridized carbons (Fsp3) is 0.667. The van der Waals surface area contributed by atoms with Gasteiger partial charge in [-0.3, -0.25) is 0 Å². The molecule has 1 aromatic rings. The van der Waals surface area contributed by atoms with Crippen LogP contribution in [0.2, 0.25) is 0 Å². The predicted octanol–water partition coefficient (Wildman–Crippen LogP) is 3.08. The van der Waals surface area contributed by atoms with Gasteiger partial charge in [0.2, 0.25) is 0 Å². The standard InChI is InChI=1S/C12H21IN2S/c1-9(2)5-14-6-10(3)15-7-11-4-12(13)16-8-11/h4,8-10,14-15H,5-7H2,1-3H3. The monoisotopic (exact) mass is 352 g/mol. The second-order valence-corrected chi connectivity index (χ2v) is 7.40. The van der Waals surface area contributed by atoms with Crippen molar-refractivity contribution in [1.29, 1.82) is 0 Å². The highest BCUT2D eigenvalue weighted by molar-refractivity contribution is 14.1. The normalized spacial score (nSPS) is 13.3. The summed E-state index contributed by atoms with van der Waals surface area (Å²) in [5, 5.41) is 9.22. The number of hydrogen-bond acceptors (Lipinski definition) is 3. The average Bonchev–Trinajstić information content (AvgIpc) is 2.61. The first-order chi connectivity index (χ1) is 7.58. The lowest BCUT2D eigenvalue weighted by Crippen LogP contribution is -2.37. The summed E-state index contributed by atoms with van der Waals surface area (Å²) in [5.41, 5.74) is 1.39. The molecule has 1 unspecified atom stereocenters. The van der Waals surface area contributed by atoms with Crippen LogP contribution in [0.15, 0.2) is 11.4 Å². The van der Waals surface area contributed by atoms with E-state index in [2.05, 4.69) is 65.4 Å². The van der Waals surface area contributed by atoms with Crippen LogP contribution in [0.25, 0.3) is 0 Å². The van der Waals surface area contributed by atoms with Crippen molar-refractivity contribution in [2.45, 2.75) is 33.4 Å². The highest BCUT2D eigenvalue weighted by Crippen LogP contribution is 2.16. The molecule has 0 saturated heterocycles. The summed E-state index contributed by atoms with van der Waals surface area (Å²) in [7, 11) is 0. The lowest BCUT2D eigenvalue weighted by molar-refractivity contribution is 0.472. The molecular weight excluding hydrogens is 331 g/mol. The number of thiophene rings is 1. The van der Waals surface area contributed by atoms with Crippen molar-refractivity contribution >= 4 is 33.9 Å². The Kier molecular flexibility index (Phi) is 6.87. The molecule has 0 aliphatic rings. The summed E-state index contributed by atoms with van der Waals surface area (Å²) in [6, 6.07) is 2.77. The highest BCUT2D eigenvalue weighted by Gasteiger charge is 2.03. The zero-order valence-electron chi connectivity index (χ0n) is 10.2. The average molecular weight is 352 g/mol. The van der Waals surface area contributed by atoms with Gasteiger partial charge in [0.15, 0.2) is 0 Å². The van der Waals surface area contributed by atoms with Crippen molar-refractivity contribution in [2.24, 2.45) is 5.92 Å². The maximum atomic E-state index is 3.53. The molecule has 1 rings (SSSR count). The fourth-order valence-corrected chi connectivity index (χ4v) is 2.81. The molecule has 0 bridgehead atoms. The summed E-state index contributed by atoms with van der Waals surface area (Å²) >= 11 is 4.17. The van der Waals surface area contributed by atoms with Gasteiger partial charge in [-0.15, -0.1) is 11.3 Å². The Morgan fingerprint density at radius 2 is 2.06 bits per heavy atom. The van der Waals surface area contributed by atoms with Crippen molar-refractivity contribution in [3.63, 3.8) is 0 Å². The Labute approximate surface area is 116 Å². The summed E-state index contributed by atoms with van der Waals surface area (Å²) in [5.74, 6) is 0.727. The summed E-state index contributed by atoms with van der Waals surface area (Å²) < 4.78 is 1.36. The van der Waals surface area contributed by atoms with Crippen LogP contribution in [-0.4, -0.2) is 19.1 Å². The van der Waals surface area contributed by atoms with E-state index in [1.54, 1.807) is 0 Å². The summed E-state index contributed by atoms with van der Waals surface area (Å²) in [6.45, 7) is 9.81. The number of nitrogens with one attached hydrogen (secondary N) is 2. The Balaban J connectivity index is 2.12. The minimum absolute atomic E-state index is 0.524. The van der Waals surface area contributed by atoms with E-state index in [0.717, 1.165) is 25.6 Å². The van der Waals surface area contributed by atoms with Gasteiger partial charge < -0.3 is 10.6 Å². The van der Waals surface area contributed by atoms with Gasteiger partial charge in [-0.25, -0.2) is 0 Å². The zero-order valence-corrected chi connectivity index (χ0v) is 13.2. The maximum absolute atomic E-state index is 3.53. The first-order valence-electron chi connectivity index (χ1n) is 5.75. The van der Waals surface area contributed by atoms with Crippen molar-refractivity contribution in [3.8, 4) is 0 Å². The zero-order chi connectivity index (χ0) is 12.0. The van der Waals surface area contributed by atoms with E-state index >= 15 is 0 Å². The van der Waals surface area contributed by atoms with E-state index in [1.807, 2.05) is 11.3 Å². The molecule has 4 heteroatoms.